The van der Waals surface area contributed by atoms with E-state index in [0.717, 1.165) is 45.3 Å². The highest BCUT2D eigenvalue weighted by atomic mass is 16.5. The fourth-order valence-electron chi connectivity index (χ4n) is 4.59. The maximum absolute atomic E-state index is 12.8. The standard InChI is InChI=1S/C22H34N2O3/c1-4-24(21(25)10-15-26-3)19-16-20(18-8-6-5-7-9-18)27-22(17-19)11-13-23(2)14-12-22/h5-9,19-20H,4,10-17H2,1-3H3/t19-,20-/m0/s1. The molecule has 3 rings (SSSR count). The molecule has 0 unspecified atom stereocenters. The second-order valence-corrected chi connectivity index (χ2v) is 8.02. The first-order valence-corrected chi connectivity index (χ1v) is 10.3. The van der Waals surface area contributed by atoms with Gasteiger partial charge in [-0.2, -0.15) is 0 Å². The molecule has 150 valence electrons. The normalized spacial score (nSPS) is 25.4. The number of carbonyl (C=O) groups excluding carboxylic acids is 1. The number of methoxy groups -OCH3 is 1. The maximum Gasteiger partial charge on any atom is 0.225 e. The number of amides is 1. The summed E-state index contributed by atoms with van der Waals surface area (Å²) in [7, 11) is 3.82. The van der Waals surface area contributed by atoms with Gasteiger partial charge < -0.3 is 19.3 Å². The smallest absolute Gasteiger partial charge is 0.225 e. The lowest BCUT2D eigenvalue weighted by Gasteiger charge is -2.50. The highest BCUT2D eigenvalue weighted by Gasteiger charge is 2.45. The van der Waals surface area contributed by atoms with E-state index in [9.17, 15) is 4.79 Å². The largest absolute Gasteiger partial charge is 0.384 e. The number of ether oxygens (including phenoxy) is 2. The average molecular weight is 375 g/mol. The van der Waals surface area contributed by atoms with Gasteiger partial charge in [-0.1, -0.05) is 30.3 Å². The Balaban J connectivity index is 1.82. The Hall–Kier alpha value is -1.43. The molecule has 2 aliphatic rings. The minimum absolute atomic E-state index is 0.0534. The SMILES string of the molecule is CCN(C(=O)CCOC)[C@H]1C[C@@H](c2ccccc2)OC2(CCN(C)CC2)C1. The zero-order valence-electron chi connectivity index (χ0n) is 17.0. The van der Waals surface area contributed by atoms with E-state index in [1.165, 1.54) is 5.56 Å². The minimum atomic E-state index is -0.120. The number of piperidine rings is 1. The van der Waals surface area contributed by atoms with Crippen molar-refractivity contribution in [1.82, 2.24) is 9.80 Å². The van der Waals surface area contributed by atoms with Crippen molar-refractivity contribution in [2.45, 2.75) is 56.8 Å². The van der Waals surface area contributed by atoms with Crippen LogP contribution in [0.25, 0.3) is 0 Å². The van der Waals surface area contributed by atoms with Gasteiger partial charge in [-0.3, -0.25) is 4.79 Å². The predicted molar refractivity (Wildman–Crippen MR) is 107 cm³/mol. The lowest BCUT2D eigenvalue weighted by molar-refractivity contribution is -0.177. The third-order valence-electron chi connectivity index (χ3n) is 6.18. The summed E-state index contributed by atoms with van der Waals surface area (Å²) in [5, 5.41) is 0. The van der Waals surface area contributed by atoms with E-state index in [1.54, 1.807) is 7.11 Å². The van der Waals surface area contributed by atoms with Crippen molar-refractivity contribution in [2.24, 2.45) is 0 Å². The Morgan fingerprint density at radius 3 is 2.63 bits per heavy atom. The first-order chi connectivity index (χ1) is 13.1. The summed E-state index contributed by atoms with van der Waals surface area (Å²) in [5.41, 5.74) is 1.10. The van der Waals surface area contributed by atoms with Crippen LogP contribution in [0.3, 0.4) is 0 Å². The minimum Gasteiger partial charge on any atom is -0.384 e. The van der Waals surface area contributed by atoms with E-state index in [-0.39, 0.29) is 23.7 Å². The van der Waals surface area contributed by atoms with Crippen molar-refractivity contribution in [3.63, 3.8) is 0 Å². The van der Waals surface area contributed by atoms with Crippen molar-refractivity contribution in [1.29, 1.82) is 0 Å². The molecule has 1 spiro atoms. The Bertz CT molecular complexity index is 599. The van der Waals surface area contributed by atoms with Gasteiger partial charge in [-0.05, 0) is 45.2 Å². The van der Waals surface area contributed by atoms with Gasteiger partial charge in [0.1, 0.15) is 0 Å². The van der Waals surface area contributed by atoms with Crippen LogP contribution in [0.1, 0.15) is 50.7 Å². The quantitative estimate of drug-likeness (QED) is 0.766. The van der Waals surface area contributed by atoms with Crippen LogP contribution >= 0.6 is 0 Å². The molecule has 0 saturated carbocycles. The number of hydrogen-bond donors (Lipinski definition) is 0. The lowest BCUT2D eigenvalue weighted by atomic mass is 9.79. The van der Waals surface area contributed by atoms with Crippen LogP contribution in [0.4, 0.5) is 0 Å². The summed E-state index contributed by atoms with van der Waals surface area (Å²) in [6.07, 6.45) is 4.39. The molecule has 1 aromatic rings. The number of nitrogens with zero attached hydrogens (tertiary/aromatic N) is 2. The van der Waals surface area contributed by atoms with Crippen LogP contribution in [0.2, 0.25) is 0 Å². The molecule has 1 amide bonds. The number of rotatable bonds is 6. The molecule has 2 heterocycles. The fraction of sp³-hybridized carbons (Fsp3) is 0.682. The number of hydrogen-bond acceptors (Lipinski definition) is 4. The molecule has 0 aromatic heterocycles. The van der Waals surface area contributed by atoms with E-state index < -0.39 is 0 Å². The fourth-order valence-corrected chi connectivity index (χ4v) is 4.59. The van der Waals surface area contributed by atoms with Gasteiger partial charge in [0, 0.05) is 32.8 Å². The Kier molecular flexibility index (Phi) is 6.90. The van der Waals surface area contributed by atoms with E-state index >= 15 is 0 Å². The first kappa shape index (κ1) is 20.3. The number of benzene rings is 1. The molecule has 5 heteroatoms. The molecule has 0 bridgehead atoms. The number of carbonyl (C=O) groups is 1. The molecule has 0 aliphatic carbocycles. The molecule has 2 atom stereocenters. The lowest BCUT2D eigenvalue weighted by Crippen LogP contribution is -2.55. The van der Waals surface area contributed by atoms with Gasteiger partial charge in [0.2, 0.25) is 5.91 Å². The van der Waals surface area contributed by atoms with Crippen LogP contribution in [0.5, 0.6) is 0 Å². The summed E-state index contributed by atoms with van der Waals surface area (Å²) in [6, 6.07) is 10.7. The monoisotopic (exact) mass is 374 g/mol. The predicted octanol–water partition coefficient (Wildman–Crippen LogP) is 3.26. The second-order valence-electron chi connectivity index (χ2n) is 8.02. The van der Waals surface area contributed by atoms with Gasteiger partial charge >= 0.3 is 0 Å². The summed E-state index contributed by atoms with van der Waals surface area (Å²) < 4.78 is 11.9. The molecule has 27 heavy (non-hydrogen) atoms. The van der Waals surface area contributed by atoms with Crippen molar-refractivity contribution in [3.05, 3.63) is 35.9 Å². The Labute approximate surface area is 163 Å². The molecule has 1 aromatic carbocycles. The molecule has 2 fully saturated rings. The van der Waals surface area contributed by atoms with Gasteiger partial charge in [0.25, 0.3) is 0 Å². The average Bonchev–Trinajstić information content (AvgIpc) is 2.70. The van der Waals surface area contributed by atoms with E-state index in [4.69, 9.17) is 9.47 Å². The van der Waals surface area contributed by atoms with Crippen LogP contribution in [-0.4, -0.2) is 67.7 Å². The summed E-state index contributed by atoms with van der Waals surface area (Å²) >= 11 is 0. The first-order valence-electron chi connectivity index (χ1n) is 10.3. The summed E-state index contributed by atoms with van der Waals surface area (Å²) in [6.45, 7) is 5.41. The molecule has 0 N–H and O–H groups in total. The van der Waals surface area contributed by atoms with Crippen LogP contribution < -0.4 is 0 Å². The van der Waals surface area contributed by atoms with Crippen molar-refractivity contribution < 1.29 is 14.3 Å². The highest BCUT2D eigenvalue weighted by Crippen LogP contribution is 2.44. The van der Waals surface area contributed by atoms with E-state index in [1.807, 2.05) is 6.07 Å². The van der Waals surface area contributed by atoms with E-state index in [0.29, 0.717) is 13.0 Å². The third kappa shape index (κ3) is 4.89. The second kappa shape index (κ2) is 9.18. The zero-order chi connectivity index (χ0) is 19.3. The van der Waals surface area contributed by atoms with Gasteiger partial charge in [0.15, 0.2) is 0 Å². The van der Waals surface area contributed by atoms with Crippen molar-refractivity contribution in [2.75, 3.05) is 40.4 Å². The Morgan fingerprint density at radius 2 is 2.00 bits per heavy atom. The maximum atomic E-state index is 12.8. The summed E-state index contributed by atoms with van der Waals surface area (Å²) in [4.78, 5) is 17.2. The third-order valence-corrected chi connectivity index (χ3v) is 6.18. The van der Waals surface area contributed by atoms with Crippen molar-refractivity contribution >= 4 is 5.91 Å². The van der Waals surface area contributed by atoms with Crippen LogP contribution in [-0.2, 0) is 14.3 Å². The molecule has 5 nitrogen and oxygen atoms in total. The van der Waals surface area contributed by atoms with Gasteiger partial charge in [-0.15, -0.1) is 0 Å². The summed E-state index contributed by atoms with van der Waals surface area (Å²) in [5.74, 6) is 0.195. The van der Waals surface area contributed by atoms with Crippen LogP contribution in [0, 0.1) is 0 Å². The highest BCUT2D eigenvalue weighted by molar-refractivity contribution is 5.76. The molecular formula is C22H34N2O3. The van der Waals surface area contributed by atoms with E-state index in [2.05, 4.69) is 48.0 Å². The molecule has 2 aliphatic heterocycles. The topological polar surface area (TPSA) is 42.0 Å². The van der Waals surface area contributed by atoms with Gasteiger partial charge in [0.05, 0.1) is 24.7 Å². The molecule has 0 radical (unpaired) electrons. The number of likely N-dealkylation sites (tertiary alicyclic amines) is 1. The zero-order valence-corrected chi connectivity index (χ0v) is 17.0. The van der Waals surface area contributed by atoms with Crippen LogP contribution in [0.15, 0.2) is 30.3 Å². The van der Waals surface area contributed by atoms with Crippen molar-refractivity contribution in [3.8, 4) is 0 Å². The van der Waals surface area contributed by atoms with Gasteiger partial charge in [-0.25, -0.2) is 0 Å². The molecule has 2 saturated heterocycles. The molecular weight excluding hydrogens is 340 g/mol. The Morgan fingerprint density at radius 1 is 1.30 bits per heavy atom.